The molecule has 17 heavy (non-hydrogen) atoms. The number of nitrogens with two attached hydrogens (primary N) is 1. The minimum atomic E-state index is 0. The van der Waals surface area contributed by atoms with Crippen molar-refractivity contribution in [2.45, 2.75) is 19.5 Å². The van der Waals surface area contributed by atoms with Gasteiger partial charge in [0, 0.05) is 28.5 Å². The first-order chi connectivity index (χ1) is 7.65. The molecule has 2 aromatic rings. The third-order valence-electron chi connectivity index (χ3n) is 2.17. The summed E-state index contributed by atoms with van der Waals surface area (Å²) in [6.45, 7) is 2.90. The maximum Gasteiger partial charge on any atom is 0.180 e. The van der Waals surface area contributed by atoms with E-state index in [0.29, 0.717) is 11.2 Å². The second kappa shape index (κ2) is 6.56. The molecule has 0 bridgehead atoms. The van der Waals surface area contributed by atoms with Gasteiger partial charge in [0.1, 0.15) is 0 Å². The van der Waals surface area contributed by atoms with Gasteiger partial charge in [0.25, 0.3) is 0 Å². The van der Waals surface area contributed by atoms with Gasteiger partial charge < -0.3 is 11.1 Å². The minimum Gasteiger partial charge on any atom is -0.375 e. The van der Waals surface area contributed by atoms with Crippen molar-refractivity contribution in [3.63, 3.8) is 0 Å². The van der Waals surface area contributed by atoms with Crippen LogP contribution in [0.2, 0.25) is 4.34 Å². The largest absolute Gasteiger partial charge is 0.375 e. The van der Waals surface area contributed by atoms with E-state index in [1.165, 1.54) is 16.2 Å². The molecule has 0 aliphatic rings. The molecule has 0 aromatic carbocycles. The van der Waals surface area contributed by atoms with Gasteiger partial charge in [-0.2, -0.15) is 0 Å². The van der Waals surface area contributed by atoms with Crippen LogP contribution in [0.25, 0.3) is 0 Å². The molecule has 0 saturated carbocycles. The van der Waals surface area contributed by atoms with Gasteiger partial charge >= 0.3 is 0 Å². The molecule has 94 valence electrons. The van der Waals surface area contributed by atoms with Crippen molar-refractivity contribution in [2.24, 2.45) is 0 Å². The highest BCUT2D eigenvalue weighted by Gasteiger charge is 2.08. The van der Waals surface area contributed by atoms with E-state index in [1.807, 2.05) is 12.1 Å². The van der Waals surface area contributed by atoms with Crippen LogP contribution in [-0.2, 0) is 6.54 Å². The highest BCUT2D eigenvalue weighted by molar-refractivity contribution is 7.16. The second-order valence-electron chi connectivity index (χ2n) is 3.41. The molecule has 3 N–H and O–H groups in total. The van der Waals surface area contributed by atoms with Crippen molar-refractivity contribution in [1.29, 1.82) is 0 Å². The molecule has 2 aromatic heterocycles. The van der Waals surface area contributed by atoms with E-state index in [4.69, 9.17) is 17.3 Å². The lowest BCUT2D eigenvalue weighted by Gasteiger charge is -2.10. The maximum atomic E-state index is 5.89. The van der Waals surface area contributed by atoms with Crippen molar-refractivity contribution in [1.82, 2.24) is 10.3 Å². The van der Waals surface area contributed by atoms with Gasteiger partial charge in [0.15, 0.2) is 5.13 Å². The van der Waals surface area contributed by atoms with Gasteiger partial charge in [-0.25, -0.2) is 4.98 Å². The number of nitrogen functional groups attached to an aromatic ring is 1. The standard InChI is InChI=1S/C10H12ClN3S2.ClH/c1-6(8-2-3-9(11)16-8)13-4-7-5-14-10(12)15-7;/h2-3,5-6,13H,4H2,1H3,(H2,12,14);1H. The Balaban J connectivity index is 0.00000144. The van der Waals surface area contributed by atoms with Crippen LogP contribution in [0.15, 0.2) is 18.3 Å². The Morgan fingerprint density at radius 3 is 2.76 bits per heavy atom. The van der Waals surface area contributed by atoms with E-state index >= 15 is 0 Å². The van der Waals surface area contributed by atoms with Gasteiger partial charge in [-0.3, -0.25) is 0 Å². The smallest absolute Gasteiger partial charge is 0.180 e. The number of rotatable bonds is 4. The summed E-state index contributed by atoms with van der Waals surface area (Å²) in [4.78, 5) is 6.39. The molecule has 0 aliphatic carbocycles. The average Bonchev–Trinajstić information content (AvgIpc) is 2.84. The van der Waals surface area contributed by atoms with Gasteiger partial charge in [-0.1, -0.05) is 11.6 Å². The van der Waals surface area contributed by atoms with Crippen molar-refractivity contribution in [2.75, 3.05) is 5.73 Å². The van der Waals surface area contributed by atoms with E-state index < -0.39 is 0 Å². The summed E-state index contributed by atoms with van der Waals surface area (Å²) >= 11 is 9.01. The van der Waals surface area contributed by atoms with Crippen LogP contribution in [0.3, 0.4) is 0 Å². The molecule has 0 spiro atoms. The number of hydrogen-bond acceptors (Lipinski definition) is 5. The second-order valence-corrected chi connectivity index (χ2v) is 6.30. The molecule has 2 rings (SSSR count). The zero-order chi connectivity index (χ0) is 11.5. The summed E-state index contributed by atoms with van der Waals surface area (Å²) in [6.07, 6.45) is 1.81. The number of anilines is 1. The molecule has 0 amide bonds. The third kappa shape index (κ3) is 4.12. The molecular weight excluding hydrogens is 297 g/mol. The number of aromatic nitrogens is 1. The predicted molar refractivity (Wildman–Crippen MR) is 78.4 cm³/mol. The Labute approximate surface area is 119 Å². The first-order valence-electron chi connectivity index (χ1n) is 4.84. The van der Waals surface area contributed by atoms with Gasteiger partial charge in [-0.05, 0) is 19.1 Å². The molecule has 0 fully saturated rings. The quantitative estimate of drug-likeness (QED) is 0.905. The number of nitrogens with one attached hydrogen (secondary N) is 1. The first-order valence-corrected chi connectivity index (χ1v) is 6.85. The van der Waals surface area contributed by atoms with Crippen molar-refractivity contribution < 1.29 is 0 Å². The molecule has 0 aliphatic heterocycles. The molecule has 0 saturated heterocycles. The lowest BCUT2D eigenvalue weighted by Crippen LogP contribution is -2.16. The normalized spacial score (nSPS) is 12.1. The number of thiophene rings is 1. The van der Waals surface area contributed by atoms with Crippen LogP contribution in [0, 0.1) is 0 Å². The Hall–Kier alpha value is -0.330. The molecule has 1 atom stereocenters. The summed E-state index contributed by atoms with van der Waals surface area (Å²) in [7, 11) is 0. The van der Waals surface area contributed by atoms with Crippen molar-refractivity contribution >= 4 is 51.8 Å². The highest BCUT2D eigenvalue weighted by atomic mass is 35.5. The number of hydrogen-bond donors (Lipinski definition) is 2. The zero-order valence-corrected chi connectivity index (χ0v) is 12.3. The predicted octanol–water partition coefficient (Wildman–Crippen LogP) is 3.71. The summed E-state index contributed by atoms with van der Waals surface area (Å²) in [5, 5.41) is 4.02. The van der Waals surface area contributed by atoms with E-state index in [1.54, 1.807) is 17.5 Å². The molecule has 7 heteroatoms. The van der Waals surface area contributed by atoms with E-state index in [0.717, 1.165) is 15.8 Å². The van der Waals surface area contributed by atoms with E-state index in [9.17, 15) is 0 Å². The Morgan fingerprint density at radius 1 is 1.47 bits per heavy atom. The third-order valence-corrected chi connectivity index (χ3v) is 4.42. The van der Waals surface area contributed by atoms with Crippen LogP contribution < -0.4 is 11.1 Å². The fourth-order valence-corrected chi connectivity index (χ4v) is 3.04. The fourth-order valence-electron chi connectivity index (χ4n) is 1.32. The fraction of sp³-hybridized carbons (Fsp3) is 0.300. The van der Waals surface area contributed by atoms with Crippen LogP contribution in [0.5, 0.6) is 0 Å². The van der Waals surface area contributed by atoms with Crippen LogP contribution >= 0.6 is 46.7 Å². The summed E-state index contributed by atoms with van der Waals surface area (Å²) in [6, 6.07) is 4.26. The Bertz CT molecular complexity index is 470. The minimum absolute atomic E-state index is 0. The summed E-state index contributed by atoms with van der Waals surface area (Å²) in [5.74, 6) is 0. The Kier molecular flexibility index (Phi) is 5.69. The zero-order valence-electron chi connectivity index (χ0n) is 9.14. The average molecular weight is 310 g/mol. The summed E-state index contributed by atoms with van der Waals surface area (Å²) in [5.41, 5.74) is 5.56. The SMILES string of the molecule is CC(NCc1cnc(N)s1)c1ccc(Cl)s1.Cl. The summed E-state index contributed by atoms with van der Waals surface area (Å²) < 4.78 is 0.825. The highest BCUT2D eigenvalue weighted by Crippen LogP contribution is 2.27. The number of halogens is 2. The molecule has 0 radical (unpaired) electrons. The van der Waals surface area contributed by atoms with Gasteiger partial charge in [-0.15, -0.1) is 35.1 Å². The van der Waals surface area contributed by atoms with Crippen LogP contribution in [0.4, 0.5) is 5.13 Å². The number of thiazole rings is 1. The molecule has 3 nitrogen and oxygen atoms in total. The van der Waals surface area contributed by atoms with Gasteiger partial charge in [0.05, 0.1) is 4.34 Å². The Morgan fingerprint density at radius 2 is 2.24 bits per heavy atom. The van der Waals surface area contributed by atoms with Crippen molar-refractivity contribution in [3.8, 4) is 0 Å². The molecule has 2 heterocycles. The van der Waals surface area contributed by atoms with Crippen LogP contribution in [-0.4, -0.2) is 4.98 Å². The van der Waals surface area contributed by atoms with Crippen LogP contribution in [0.1, 0.15) is 22.7 Å². The molecular formula is C10H13Cl2N3S2. The van der Waals surface area contributed by atoms with Gasteiger partial charge in [0.2, 0.25) is 0 Å². The maximum absolute atomic E-state index is 5.89. The van der Waals surface area contributed by atoms with E-state index in [2.05, 4.69) is 17.2 Å². The first kappa shape index (κ1) is 14.7. The monoisotopic (exact) mass is 309 g/mol. The lowest BCUT2D eigenvalue weighted by molar-refractivity contribution is 0.587. The number of nitrogens with zero attached hydrogens (tertiary/aromatic N) is 1. The van der Waals surface area contributed by atoms with Crippen molar-refractivity contribution in [3.05, 3.63) is 32.4 Å². The topological polar surface area (TPSA) is 50.9 Å². The lowest BCUT2D eigenvalue weighted by atomic mass is 10.3. The van der Waals surface area contributed by atoms with E-state index in [-0.39, 0.29) is 12.4 Å². The molecule has 1 unspecified atom stereocenters.